The molecule has 3 aromatic rings. The first-order valence-electron chi connectivity index (χ1n) is 10.0. The van der Waals surface area contributed by atoms with E-state index >= 15 is 0 Å². The third-order valence-electron chi connectivity index (χ3n) is 5.85. The summed E-state index contributed by atoms with van der Waals surface area (Å²) in [5.74, 6) is 0.551. The minimum atomic E-state index is -1.03. The van der Waals surface area contributed by atoms with Gasteiger partial charge in [0.2, 0.25) is 0 Å². The van der Waals surface area contributed by atoms with Gasteiger partial charge in [-0.25, -0.2) is 0 Å². The van der Waals surface area contributed by atoms with Gasteiger partial charge in [-0.3, -0.25) is 4.79 Å². The Morgan fingerprint density at radius 1 is 1.10 bits per heavy atom. The fraction of sp³-hybridized carbons (Fsp3) is 0.292. The van der Waals surface area contributed by atoms with Gasteiger partial charge in [0.25, 0.3) is 5.91 Å². The fourth-order valence-electron chi connectivity index (χ4n) is 4.19. The molecular formula is C24H26N2O2S. The number of carbonyl (C=O) groups is 1. The zero-order valence-corrected chi connectivity index (χ0v) is 17.5. The van der Waals surface area contributed by atoms with Gasteiger partial charge in [-0.05, 0) is 70.0 Å². The maximum absolute atomic E-state index is 13.2. The normalized spacial score (nSPS) is 16.2. The molecule has 1 fully saturated rings. The molecular weight excluding hydrogens is 380 g/mol. The molecule has 1 amide bonds. The fourth-order valence-corrected chi connectivity index (χ4v) is 4.74. The maximum Gasteiger partial charge on any atom is 0.254 e. The predicted molar refractivity (Wildman–Crippen MR) is 118 cm³/mol. The smallest absolute Gasteiger partial charge is 0.254 e. The molecule has 1 heterocycles. The van der Waals surface area contributed by atoms with Crippen LogP contribution in [0.1, 0.15) is 40.2 Å². The van der Waals surface area contributed by atoms with E-state index in [1.165, 1.54) is 5.56 Å². The lowest BCUT2D eigenvalue weighted by atomic mass is 9.88. The lowest BCUT2D eigenvalue weighted by molar-refractivity contribution is 0.0715. The first-order chi connectivity index (χ1) is 14.1. The van der Waals surface area contributed by atoms with E-state index in [-0.39, 0.29) is 5.91 Å². The molecule has 4 rings (SSSR count). The Labute approximate surface area is 174 Å². The van der Waals surface area contributed by atoms with Crippen molar-refractivity contribution in [1.82, 2.24) is 4.90 Å². The highest BCUT2D eigenvalue weighted by Gasteiger charge is 2.25. The number of piperidine rings is 1. The number of nitrogens with zero attached hydrogens (tertiary/aromatic N) is 1. The molecule has 4 nitrogen and oxygen atoms in total. The summed E-state index contributed by atoms with van der Waals surface area (Å²) in [4.78, 5) is 16.0. The van der Waals surface area contributed by atoms with Crippen LogP contribution in [0, 0.1) is 0 Å². The van der Waals surface area contributed by atoms with E-state index < -0.39 is 11.2 Å². The van der Waals surface area contributed by atoms with Crippen molar-refractivity contribution in [3.8, 4) is 0 Å². The standard InChI is InChI=1S/C24H26N2O2S/c1-29(28)21-8-9-22-20(15-21)6-3-7-23(22)24(27)26-12-10-18(11-13-26)19-5-2-4-17(14-19)16-25/h2-9,14-15,18H,10-13,16,25H2,1H3. The molecule has 1 atom stereocenters. The first-order valence-corrected chi connectivity index (χ1v) is 11.6. The number of rotatable bonds is 4. The van der Waals surface area contributed by atoms with Crippen molar-refractivity contribution in [1.29, 1.82) is 0 Å². The molecule has 0 radical (unpaired) electrons. The van der Waals surface area contributed by atoms with E-state index in [0.29, 0.717) is 12.5 Å². The Bertz CT molecular complexity index is 1030. The number of hydrogen-bond acceptors (Lipinski definition) is 3. The van der Waals surface area contributed by atoms with Crippen LogP contribution >= 0.6 is 0 Å². The molecule has 150 valence electrons. The third-order valence-corrected chi connectivity index (χ3v) is 6.77. The van der Waals surface area contributed by atoms with Crippen molar-refractivity contribution in [2.75, 3.05) is 19.3 Å². The van der Waals surface area contributed by atoms with Gasteiger partial charge in [0.05, 0.1) is 0 Å². The number of fused-ring (bicyclic) bond motifs is 1. The van der Waals surface area contributed by atoms with E-state index in [9.17, 15) is 9.35 Å². The zero-order valence-electron chi connectivity index (χ0n) is 16.6. The Kier molecular flexibility index (Phi) is 5.90. The van der Waals surface area contributed by atoms with Crippen LogP contribution in [0.25, 0.3) is 10.8 Å². The number of hydrogen-bond donors (Lipinski definition) is 1. The largest absolute Gasteiger partial charge is 0.612 e. The average molecular weight is 407 g/mol. The number of likely N-dealkylation sites (tertiary alicyclic amines) is 1. The van der Waals surface area contributed by atoms with Gasteiger partial charge >= 0.3 is 0 Å². The van der Waals surface area contributed by atoms with Gasteiger partial charge < -0.3 is 15.2 Å². The summed E-state index contributed by atoms with van der Waals surface area (Å²) in [6.07, 6.45) is 3.59. The summed E-state index contributed by atoms with van der Waals surface area (Å²) in [5.41, 5.74) is 8.98. The Morgan fingerprint density at radius 2 is 1.86 bits per heavy atom. The molecule has 29 heavy (non-hydrogen) atoms. The van der Waals surface area contributed by atoms with Crippen LogP contribution < -0.4 is 5.73 Å². The van der Waals surface area contributed by atoms with Crippen LogP contribution in [0.2, 0.25) is 0 Å². The van der Waals surface area contributed by atoms with Crippen molar-refractivity contribution < 1.29 is 9.35 Å². The highest BCUT2D eigenvalue weighted by molar-refractivity contribution is 7.90. The molecule has 2 N–H and O–H groups in total. The second-order valence-electron chi connectivity index (χ2n) is 7.66. The molecule has 1 aliphatic heterocycles. The van der Waals surface area contributed by atoms with Gasteiger partial charge in [-0.1, -0.05) is 36.4 Å². The summed E-state index contributed by atoms with van der Waals surface area (Å²) < 4.78 is 11.8. The molecule has 0 saturated carbocycles. The van der Waals surface area contributed by atoms with Crippen LogP contribution in [0.3, 0.4) is 0 Å². The summed E-state index contributed by atoms with van der Waals surface area (Å²) in [6, 6.07) is 20.0. The van der Waals surface area contributed by atoms with E-state index in [0.717, 1.165) is 52.7 Å². The van der Waals surface area contributed by atoms with E-state index in [1.807, 2.05) is 41.3 Å². The molecule has 1 saturated heterocycles. The van der Waals surface area contributed by atoms with Crippen molar-refractivity contribution >= 4 is 27.9 Å². The highest BCUT2D eigenvalue weighted by Crippen LogP contribution is 2.30. The Morgan fingerprint density at radius 3 is 2.59 bits per heavy atom. The monoisotopic (exact) mass is 406 g/mol. The lowest BCUT2D eigenvalue weighted by Crippen LogP contribution is -2.38. The summed E-state index contributed by atoms with van der Waals surface area (Å²) in [7, 11) is 0. The first kappa shape index (κ1) is 20.0. The minimum Gasteiger partial charge on any atom is -0.612 e. The molecule has 3 aromatic carbocycles. The SMILES string of the molecule is C[S+]([O-])c1ccc2c(C(=O)N3CCC(c4cccc(CN)c4)CC3)cccc2c1. The second-order valence-corrected chi connectivity index (χ2v) is 9.04. The lowest BCUT2D eigenvalue weighted by Gasteiger charge is -2.32. The highest BCUT2D eigenvalue weighted by atomic mass is 32.2. The van der Waals surface area contributed by atoms with Crippen LogP contribution in [0.4, 0.5) is 0 Å². The van der Waals surface area contributed by atoms with Crippen molar-refractivity contribution in [3.63, 3.8) is 0 Å². The van der Waals surface area contributed by atoms with Crippen molar-refractivity contribution in [2.24, 2.45) is 5.73 Å². The van der Waals surface area contributed by atoms with Crippen LogP contribution in [-0.4, -0.2) is 34.7 Å². The Hall–Kier alpha value is -2.34. The zero-order chi connectivity index (χ0) is 20.4. The van der Waals surface area contributed by atoms with Gasteiger partial charge in [0.1, 0.15) is 6.26 Å². The van der Waals surface area contributed by atoms with Crippen LogP contribution in [0.15, 0.2) is 65.6 Å². The average Bonchev–Trinajstić information content (AvgIpc) is 2.78. The molecule has 5 heteroatoms. The number of amides is 1. The third kappa shape index (κ3) is 4.17. The van der Waals surface area contributed by atoms with E-state index in [4.69, 9.17) is 5.73 Å². The number of nitrogens with two attached hydrogens (primary N) is 1. The van der Waals surface area contributed by atoms with Gasteiger partial charge in [0, 0.05) is 31.3 Å². The van der Waals surface area contributed by atoms with Crippen LogP contribution in [-0.2, 0) is 17.7 Å². The van der Waals surface area contributed by atoms with E-state index in [1.54, 1.807) is 6.26 Å². The van der Waals surface area contributed by atoms with Gasteiger partial charge in [-0.15, -0.1) is 0 Å². The maximum atomic E-state index is 13.2. The van der Waals surface area contributed by atoms with Crippen LogP contribution in [0.5, 0.6) is 0 Å². The minimum absolute atomic E-state index is 0.0788. The van der Waals surface area contributed by atoms with Gasteiger partial charge in [-0.2, -0.15) is 0 Å². The molecule has 1 unspecified atom stereocenters. The van der Waals surface area contributed by atoms with E-state index in [2.05, 4.69) is 24.3 Å². The molecule has 0 aliphatic carbocycles. The van der Waals surface area contributed by atoms with Gasteiger partial charge in [0.15, 0.2) is 4.90 Å². The predicted octanol–water partition coefficient (Wildman–Crippen LogP) is 4.06. The summed E-state index contributed by atoms with van der Waals surface area (Å²) in [5, 5.41) is 1.88. The topological polar surface area (TPSA) is 69.4 Å². The quantitative estimate of drug-likeness (QED) is 0.665. The summed E-state index contributed by atoms with van der Waals surface area (Å²) >= 11 is -1.03. The number of benzene rings is 3. The Balaban J connectivity index is 1.51. The summed E-state index contributed by atoms with van der Waals surface area (Å²) in [6.45, 7) is 2.06. The second kappa shape index (κ2) is 8.57. The molecule has 0 bridgehead atoms. The molecule has 0 spiro atoms. The molecule has 1 aliphatic rings. The molecule has 0 aromatic heterocycles. The van der Waals surface area contributed by atoms with Crippen molar-refractivity contribution in [3.05, 3.63) is 77.4 Å². The van der Waals surface area contributed by atoms with Crippen molar-refractivity contribution in [2.45, 2.75) is 30.2 Å². The number of carbonyl (C=O) groups excluding carboxylic acids is 1.